The number of methoxy groups -OCH3 is 1. The van der Waals surface area contributed by atoms with E-state index in [1.165, 1.54) is 0 Å². The van der Waals surface area contributed by atoms with Crippen LogP contribution in [0.2, 0.25) is 0 Å². The molecule has 54 valence electrons. The van der Waals surface area contributed by atoms with Crippen LogP contribution >= 0.6 is 12.6 Å². The van der Waals surface area contributed by atoms with Crippen molar-refractivity contribution in [2.75, 3.05) is 12.8 Å². The highest BCUT2D eigenvalue weighted by Crippen LogP contribution is 2.23. The van der Waals surface area contributed by atoms with Crippen molar-refractivity contribution < 1.29 is 4.74 Å². The number of thiol groups is 1. The summed E-state index contributed by atoms with van der Waals surface area (Å²) in [5, 5.41) is 0. The quantitative estimate of drug-likeness (QED) is 0.477. The topological polar surface area (TPSA) is 35.2 Å². The zero-order chi connectivity index (χ0) is 7.56. The molecule has 0 atom stereocenters. The van der Waals surface area contributed by atoms with Crippen LogP contribution < -0.4 is 10.5 Å². The molecule has 0 heterocycles. The summed E-state index contributed by atoms with van der Waals surface area (Å²) >= 11 is 4.12. The van der Waals surface area contributed by atoms with E-state index >= 15 is 0 Å². The van der Waals surface area contributed by atoms with Crippen LogP contribution in [-0.2, 0) is 0 Å². The first-order valence-corrected chi connectivity index (χ1v) is 3.31. The van der Waals surface area contributed by atoms with Crippen LogP contribution in [0.15, 0.2) is 23.1 Å². The van der Waals surface area contributed by atoms with Gasteiger partial charge in [-0.15, -0.1) is 12.6 Å². The van der Waals surface area contributed by atoms with Crippen molar-refractivity contribution in [1.29, 1.82) is 0 Å². The third-order valence-electron chi connectivity index (χ3n) is 1.22. The molecule has 0 saturated carbocycles. The fraction of sp³-hybridized carbons (Fsp3) is 0.143. The molecule has 0 radical (unpaired) electrons. The molecule has 0 aliphatic carbocycles. The molecule has 0 fully saturated rings. The standard InChI is InChI=1S/C7H9NOS/c1-9-7-4-5(10)2-3-6(7)8/h2-4,10H,8H2,1H3. The number of hydrogen-bond donors (Lipinski definition) is 2. The summed E-state index contributed by atoms with van der Waals surface area (Å²) in [4.78, 5) is 0.853. The summed E-state index contributed by atoms with van der Waals surface area (Å²) in [5.41, 5.74) is 6.18. The Morgan fingerprint density at radius 1 is 1.50 bits per heavy atom. The largest absolute Gasteiger partial charge is 0.495 e. The van der Waals surface area contributed by atoms with Gasteiger partial charge in [-0.2, -0.15) is 0 Å². The molecular weight excluding hydrogens is 146 g/mol. The summed E-state index contributed by atoms with van der Waals surface area (Å²) < 4.78 is 4.95. The van der Waals surface area contributed by atoms with Crippen LogP contribution in [0.5, 0.6) is 5.75 Å². The van der Waals surface area contributed by atoms with Crippen molar-refractivity contribution in [3.8, 4) is 5.75 Å². The first-order valence-electron chi connectivity index (χ1n) is 2.86. The molecule has 2 nitrogen and oxygen atoms in total. The molecule has 0 amide bonds. The Kier molecular flexibility index (Phi) is 2.06. The van der Waals surface area contributed by atoms with Gasteiger partial charge in [0.25, 0.3) is 0 Å². The van der Waals surface area contributed by atoms with Crippen molar-refractivity contribution >= 4 is 18.3 Å². The highest BCUT2D eigenvalue weighted by atomic mass is 32.1. The first kappa shape index (κ1) is 7.28. The molecule has 0 saturated heterocycles. The van der Waals surface area contributed by atoms with Gasteiger partial charge in [0, 0.05) is 4.90 Å². The van der Waals surface area contributed by atoms with Gasteiger partial charge in [-0.3, -0.25) is 0 Å². The minimum absolute atomic E-state index is 0.639. The number of hydrogen-bond acceptors (Lipinski definition) is 3. The van der Waals surface area contributed by atoms with E-state index in [1.807, 2.05) is 6.07 Å². The number of nitrogen functional groups attached to an aromatic ring is 1. The third kappa shape index (κ3) is 1.36. The first-order chi connectivity index (χ1) is 4.74. The lowest BCUT2D eigenvalue weighted by Crippen LogP contribution is -1.90. The Morgan fingerprint density at radius 3 is 2.70 bits per heavy atom. The zero-order valence-corrected chi connectivity index (χ0v) is 6.56. The van der Waals surface area contributed by atoms with E-state index in [0.29, 0.717) is 11.4 Å². The summed E-state index contributed by atoms with van der Waals surface area (Å²) in [5.74, 6) is 0.674. The Labute approximate surface area is 65.4 Å². The van der Waals surface area contributed by atoms with Crippen molar-refractivity contribution in [3.05, 3.63) is 18.2 Å². The van der Waals surface area contributed by atoms with Gasteiger partial charge in [0.2, 0.25) is 0 Å². The summed E-state index contributed by atoms with van der Waals surface area (Å²) in [6, 6.07) is 5.36. The van der Waals surface area contributed by atoms with Crippen molar-refractivity contribution in [3.63, 3.8) is 0 Å². The molecule has 2 N–H and O–H groups in total. The molecule has 0 aliphatic heterocycles. The Hall–Kier alpha value is -0.830. The lowest BCUT2D eigenvalue weighted by molar-refractivity contribution is 0.416. The molecule has 1 aromatic rings. The van der Waals surface area contributed by atoms with E-state index < -0.39 is 0 Å². The number of anilines is 1. The van der Waals surface area contributed by atoms with E-state index in [0.717, 1.165) is 4.90 Å². The van der Waals surface area contributed by atoms with E-state index in [4.69, 9.17) is 10.5 Å². The average Bonchev–Trinajstić information content (AvgIpc) is 1.94. The van der Waals surface area contributed by atoms with Crippen LogP contribution in [0.3, 0.4) is 0 Å². The molecule has 0 unspecified atom stereocenters. The number of ether oxygens (including phenoxy) is 1. The van der Waals surface area contributed by atoms with E-state index in [9.17, 15) is 0 Å². The highest BCUT2D eigenvalue weighted by molar-refractivity contribution is 7.80. The van der Waals surface area contributed by atoms with E-state index in [1.54, 1.807) is 19.2 Å². The molecule has 0 aliphatic rings. The summed E-state index contributed by atoms with van der Waals surface area (Å²) in [6.45, 7) is 0. The van der Waals surface area contributed by atoms with Crippen LogP contribution in [0.4, 0.5) is 5.69 Å². The Balaban J connectivity index is 3.09. The predicted molar refractivity (Wildman–Crippen MR) is 44.7 cm³/mol. The van der Waals surface area contributed by atoms with Crippen LogP contribution in [0, 0.1) is 0 Å². The normalized spacial score (nSPS) is 9.40. The van der Waals surface area contributed by atoms with Crippen LogP contribution in [0.25, 0.3) is 0 Å². The molecule has 3 heteroatoms. The van der Waals surface area contributed by atoms with Gasteiger partial charge in [-0.1, -0.05) is 0 Å². The average molecular weight is 155 g/mol. The number of benzene rings is 1. The van der Waals surface area contributed by atoms with E-state index in [2.05, 4.69) is 12.6 Å². The second-order valence-electron chi connectivity index (χ2n) is 1.93. The van der Waals surface area contributed by atoms with Gasteiger partial charge in [0.05, 0.1) is 12.8 Å². The molecule has 1 rings (SSSR count). The lowest BCUT2D eigenvalue weighted by Gasteiger charge is -2.03. The molecule has 0 spiro atoms. The Morgan fingerprint density at radius 2 is 2.20 bits per heavy atom. The molecular formula is C7H9NOS. The maximum absolute atomic E-state index is 5.54. The van der Waals surface area contributed by atoms with Gasteiger partial charge in [0.1, 0.15) is 5.75 Å². The van der Waals surface area contributed by atoms with Gasteiger partial charge in [0.15, 0.2) is 0 Å². The minimum Gasteiger partial charge on any atom is -0.495 e. The minimum atomic E-state index is 0.639. The lowest BCUT2D eigenvalue weighted by atomic mass is 10.3. The summed E-state index contributed by atoms with van der Waals surface area (Å²) in [6.07, 6.45) is 0. The van der Waals surface area contributed by atoms with Crippen molar-refractivity contribution in [2.24, 2.45) is 0 Å². The highest BCUT2D eigenvalue weighted by Gasteiger charge is 1.96. The molecule has 1 aromatic carbocycles. The SMILES string of the molecule is COc1cc(S)ccc1N. The van der Waals surface area contributed by atoms with Crippen molar-refractivity contribution in [1.82, 2.24) is 0 Å². The van der Waals surface area contributed by atoms with Crippen LogP contribution in [0.1, 0.15) is 0 Å². The maximum atomic E-state index is 5.54. The fourth-order valence-electron chi connectivity index (χ4n) is 0.700. The third-order valence-corrected chi connectivity index (χ3v) is 1.50. The second kappa shape index (κ2) is 2.84. The molecule has 0 aromatic heterocycles. The maximum Gasteiger partial charge on any atom is 0.142 e. The monoisotopic (exact) mass is 155 g/mol. The van der Waals surface area contributed by atoms with Gasteiger partial charge in [-0.05, 0) is 18.2 Å². The number of nitrogens with two attached hydrogens (primary N) is 1. The second-order valence-corrected chi connectivity index (χ2v) is 2.44. The fourth-order valence-corrected chi connectivity index (χ4v) is 0.892. The van der Waals surface area contributed by atoms with Gasteiger partial charge >= 0.3 is 0 Å². The number of rotatable bonds is 1. The van der Waals surface area contributed by atoms with E-state index in [-0.39, 0.29) is 0 Å². The zero-order valence-electron chi connectivity index (χ0n) is 5.66. The Bertz CT molecular complexity index is 237. The summed E-state index contributed by atoms with van der Waals surface area (Å²) in [7, 11) is 1.58. The predicted octanol–water partition coefficient (Wildman–Crippen LogP) is 1.57. The van der Waals surface area contributed by atoms with Crippen molar-refractivity contribution in [2.45, 2.75) is 4.90 Å². The molecule has 10 heavy (non-hydrogen) atoms. The smallest absolute Gasteiger partial charge is 0.142 e. The molecule has 0 bridgehead atoms. The van der Waals surface area contributed by atoms with Crippen LogP contribution in [-0.4, -0.2) is 7.11 Å². The van der Waals surface area contributed by atoms with Gasteiger partial charge < -0.3 is 10.5 Å². The van der Waals surface area contributed by atoms with Gasteiger partial charge in [-0.25, -0.2) is 0 Å².